The fraction of sp³-hybridized carbons (Fsp3) is 0.364. The largest absolute Gasteiger partial charge is 0.435 e. The zero-order valence-electron chi connectivity index (χ0n) is 17.3. The van der Waals surface area contributed by atoms with Crippen LogP contribution in [0.5, 0.6) is 0 Å². The number of nitrogens with one attached hydrogen (secondary N) is 1. The number of aryl methyl sites for hydroxylation is 1. The second kappa shape index (κ2) is 6.98. The molecule has 0 spiro atoms. The van der Waals surface area contributed by atoms with Crippen LogP contribution >= 0.6 is 0 Å². The summed E-state index contributed by atoms with van der Waals surface area (Å²) >= 11 is 0. The smallest absolute Gasteiger partial charge is 0.292 e. The van der Waals surface area contributed by atoms with E-state index in [2.05, 4.69) is 15.0 Å². The number of hydrogen-bond donors (Lipinski definition) is 1. The van der Waals surface area contributed by atoms with Crippen LogP contribution in [0.3, 0.4) is 0 Å². The first-order valence-corrected chi connectivity index (χ1v) is 10.6. The van der Waals surface area contributed by atoms with Gasteiger partial charge in [-0.1, -0.05) is 6.07 Å². The number of oxazole rings is 1. The summed E-state index contributed by atoms with van der Waals surface area (Å²) < 4.78 is 34.8. The second-order valence-corrected chi connectivity index (χ2v) is 8.33. The SMILES string of the molecule is Cc1cccc2cc([C@H]3c4nc[nH]c4CCN3C(=O)c3oc(C4CC4)nc3C(F)F)nn12. The summed E-state index contributed by atoms with van der Waals surface area (Å²) in [6.45, 7) is 2.25. The van der Waals surface area contributed by atoms with Crippen molar-refractivity contribution in [3.63, 3.8) is 0 Å². The number of imidazole rings is 1. The van der Waals surface area contributed by atoms with Crippen LogP contribution in [0.15, 0.2) is 35.0 Å². The number of hydrogen-bond acceptors (Lipinski definition) is 5. The van der Waals surface area contributed by atoms with Crippen LogP contribution in [-0.4, -0.2) is 41.9 Å². The van der Waals surface area contributed by atoms with Crippen LogP contribution < -0.4 is 0 Å². The van der Waals surface area contributed by atoms with Gasteiger partial charge in [0.05, 0.1) is 23.2 Å². The van der Waals surface area contributed by atoms with Gasteiger partial charge < -0.3 is 14.3 Å². The van der Waals surface area contributed by atoms with Crippen LogP contribution in [-0.2, 0) is 6.42 Å². The molecular formula is C22H20F2N6O2. The third-order valence-electron chi connectivity index (χ3n) is 6.16. The lowest BCUT2D eigenvalue weighted by molar-refractivity contribution is 0.0637. The Morgan fingerprint density at radius 2 is 2.16 bits per heavy atom. The molecule has 8 nitrogen and oxygen atoms in total. The fourth-order valence-corrected chi connectivity index (χ4v) is 4.39. The highest BCUT2D eigenvalue weighted by Gasteiger charge is 2.41. The Balaban J connectivity index is 1.46. The van der Waals surface area contributed by atoms with Gasteiger partial charge in [0.1, 0.15) is 6.04 Å². The van der Waals surface area contributed by atoms with Crippen molar-refractivity contribution in [1.82, 2.24) is 29.5 Å². The number of halogens is 2. The van der Waals surface area contributed by atoms with Crippen molar-refractivity contribution in [2.45, 2.75) is 44.6 Å². The first kappa shape index (κ1) is 19.1. The van der Waals surface area contributed by atoms with Crippen LogP contribution in [0.2, 0.25) is 0 Å². The standard InChI is InChI=1S/C22H20F2N6O2/c1-11-3-2-4-13-9-15(28-30(11)13)18-16-14(25-10-26-16)7-8-29(18)22(31)19-17(20(23)24)27-21(32-19)12-5-6-12/h2-4,9-10,12,18,20H,5-8H2,1H3,(H,25,26)/t18-/m0/s1. The van der Waals surface area contributed by atoms with Gasteiger partial charge in [0, 0.05) is 30.3 Å². The Morgan fingerprint density at radius 1 is 1.31 bits per heavy atom. The van der Waals surface area contributed by atoms with Gasteiger partial charge in [-0.15, -0.1) is 0 Å². The number of aromatic amines is 1. The van der Waals surface area contributed by atoms with Crippen molar-refractivity contribution < 1.29 is 18.0 Å². The van der Waals surface area contributed by atoms with Crippen molar-refractivity contribution in [2.75, 3.05) is 6.54 Å². The number of alkyl halides is 2. The zero-order valence-corrected chi connectivity index (χ0v) is 17.3. The molecule has 0 aromatic carbocycles. The Labute approximate surface area is 181 Å². The number of aromatic nitrogens is 5. The van der Waals surface area contributed by atoms with Gasteiger partial charge in [-0.05, 0) is 38.0 Å². The second-order valence-electron chi connectivity index (χ2n) is 8.33. The maximum absolute atomic E-state index is 13.7. The van der Waals surface area contributed by atoms with E-state index in [-0.39, 0.29) is 17.6 Å². The van der Waals surface area contributed by atoms with Crippen molar-refractivity contribution in [2.24, 2.45) is 0 Å². The zero-order chi connectivity index (χ0) is 22.0. The number of amides is 1. The Kier molecular flexibility index (Phi) is 4.17. The van der Waals surface area contributed by atoms with Crippen molar-refractivity contribution in [1.29, 1.82) is 0 Å². The molecule has 1 N–H and O–H groups in total. The highest BCUT2D eigenvalue weighted by molar-refractivity contribution is 5.93. The van der Waals surface area contributed by atoms with Gasteiger partial charge in [-0.3, -0.25) is 4.79 Å². The van der Waals surface area contributed by atoms with Crippen molar-refractivity contribution >= 4 is 11.4 Å². The highest BCUT2D eigenvalue weighted by atomic mass is 19.3. The molecule has 1 fully saturated rings. The summed E-state index contributed by atoms with van der Waals surface area (Å²) in [4.78, 5) is 26.6. The number of carbonyl (C=O) groups excluding carboxylic acids is 1. The molecule has 0 bridgehead atoms. The predicted molar refractivity (Wildman–Crippen MR) is 109 cm³/mol. The molecule has 0 unspecified atom stereocenters. The molecule has 6 rings (SSSR count). The minimum Gasteiger partial charge on any atom is -0.435 e. The normalized spacial score (nSPS) is 18.5. The Morgan fingerprint density at radius 3 is 2.91 bits per heavy atom. The van der Waals surface area contributed by atoms with E-state index in [1.807, 2.05) is 31.2 Å². The van der Waals surface area contributed by atoms with Gasteiger partial charge in [0.25, 0.3) is 12.3 Å². The molecule has 4 aromatic rings. The first-order chi connectivity index (χ1) is 15.5. The number of fused-ring (bicyclic) bond motifs is 2. The Bertz CT molecular complexity index is 1340. The molecule has 1 aliphatic carbocycles. The van der Waals surface area contributed by atoms with Crippen LogP contribution in [0.25, 0.3) is 5.52 Å². The summed E-state index contributed by atoms with van der Waals surface area (Å²) in [6, 6.07) is 7.07. The van der Waals surface area contributed by atoms with Crippen molar-refractivity contribution in [3.05, 3.63) is 70.7 Å². The lowest BCUT2D eigenvalue weighted by atomic mass is 9.99. The van der Waals surface area contributed by atoms with Crippen molar-refractivity contribution in [3.8, 4) is 0 Å². The van der Waals surface area contributed by atoms with E-state index in [1.54, 1.807) is 10.8 Å². The summed E-state index contributed by atoms with van der Waals surface area (Å²) in [5, 5.41) is 4.72. The van der Waals surface area contributed by atoms with E-state index >= 15 is 0 Å². The molecule has 1 amide bonds. The molecule has 10 heteroatoms. The number of carbonyl (C=O) groups is 1. The van der Waals surface area contributed by atoms with Gasteiger partial charge in [0.2, 0.25) is 5.76 Å². The molecule has 1 saturated carbocycles. The quantitative estimate of drug-likeness (QED) is 0.521. The van der Waals surface area contributed by atoms with Crippen LogP contribution in [0, 0.1) is 6.92 Å². The summed E-state index contributed by atoms with van der Waals surface area (Å²) in [5.74, 6) is -0.760. The maximum atomic E-state index is 13.7. The monoisotopic (exact) mass is 438 g/mol. The number of pyridine rings is 1. The molecule has 4 aromatic heterocycles. The van der Waals surface area contributed by atoms with E-state index < -0.39 is 24.1 Å². The molecule has 0 radical (unpaired) electrons. The highest BCUT2D eigenvalue weighted by Crippen LogP contribution is 2.42. The van der Waals surface area contributed by atoms with E-state index in [1.165, 1.54) is 4.90 Å². The van der Waals surface area contributed by atoms with E-state index in [9.17, 15) is 13.6 Å². The molecule has 0 saturated heterocycles. The maximum Gasteiger partial charge on any atom is 0.292 e. The lowest BCUT2D eigenvalue weighted by Gasteiger charge is -2.33. The van der Waals surface area contributed by atoms with E-state index in [0.29, 0.717) is 24.4 Å². The summed E-state index contributed by atoms with van der Waals surface area (Å²) in [6.07, 6.45) is 0.877. The third-order valence-corrected chi connectivity index (χ3v) is 6.16. The van der Waals surface area contributed by atoms with Crippen LogP contribution in [0.4, 0.5) is 8.78 Å². The van der Waals surface area contributed by atoms with Gasteiger partial charge in [-0.2, -0.15) is 5.10 Å². The molecule has 1 aliphatic heterocycles. The molecule has 1 atom stereocenters. The minimum absolute atomic E-state index is 0.0190. The molecule has 2 aliphatic rings. The number of nitrogens with zero attached hydrogens (tertiary/aromatic N) is 5. The van der Waals surface area contributed by atoms with E-state index in [4.69, 9.17) is 9.52 Å². The topological polar surface area (TPSA) is 92.3 Å². The third kappa shape index (κ3) is 2.93. The summed E-state index contributed by atoms with van der Waals surface area (Å²) in [7, 11) is 0. The number of rotatable bonds is 4. The average molecular weight is 438 g/mol. The van der Waals surface area contributed by atoms with Gasteiger partial charge >= 0.3 is 0 Å². The molecule has 5 heterocycles. The average Bonchev–Trinajstić information content (AvgIpc) is 3.18. The predicted octanol–water partition coefficient (Wildman–Crippen LogP) is 3.96. The lowest BCUT2D eigenvalue weighted by Crippen LogP contribution is -2.41. The fourth-order valence-electron chi connectivity index (χ4n) is 4.39. The molecule has 32 heavy (non-hydrogen) atoms. The molecular weight excluding hydrogens is 418 g/mol. The molecule has 164 valence electrons. The summed E-state index contributed by atoms with van der Waals surface area (Å²) in [5.41, 5.74) is 3.40. The van der Waals surface area contributed by atoms with Gasteiger partial charge in [0.15, 0.2) is 11.6 Å². The van der Waals surface area contributed by atoms with E-state index in [0.717, 1.165) is 29.7 Å². The van der Waals surface area contributed by atoms with Gasteiger partial charge in [-0.25, -0.2) is 23.3 Å². The first-order valence-electron chi connectivity index (χ1n) is 10.6. The minimum atomic E-state index is -2.90. The Hall–Kier alpha value is -3.56. The number of H-pyrrole nitrogens is 1. The van der Waals surface area contributed by atoms with Crippen LogP contribution in [0.1, 0.15) is 76.1 Å².